The van der Waals surface area contributed by atoms with Crippen LogP contribution in [-0.2, 0) is 0 Å². The van der Waals surface area contributed by atoms with E-state index >= 15 is 0 Å². The topological polar surface area (TPSA) is 52.1 Å². The third kappa shape index (κ3) is 5.81. The Morgan fingerprint density at radius 3 is 2.26 bits per heavy atom. The highest BCUT2D eigenvalue weighted by molar-refractivity contribution is 5.73. The van der Waals surface area contributed by atoms with Gasteiger partial charge >= 0.3 is 0 Å². The molecule has 1 heterocycles. The lowest BCUT2D eigenvalue weighted by Gasteiger charge is -2.07. The number of hydrogen-bond acceptors (Lipinski definition) is 4. The van der Waals surface area contributed by atoms with Crippen LogP contribution in [0.4, 0.5) is 0 Å². The van der Waals surface area contributed by atoms with E-state index in [1.165, 1.54) is 44.5 Å². The summed E-state index contributed by atoms with van der Waals surface area (Å²) in [6, 6.07) is 7.74. The maximum absolute atomic E-state index is 10.6. The molecule has 0 aliphatic rings. The van der Waals surface area contributed by atoms with Gasteiger partial charge in [-0.3, -0.25) is 4.79 Å². The average Bonchev–Trinajstić information content (AvgIpc) is 2.61. The summed E-state index contributed by atoms with van der Waals surface area (Å²) in [5.74, 6) is 1.48. The van der Waals surface area contributed by atoms with Crippen LogP contribution in [0.15, 0.2) is 36.7 Å². The van der Waals surface area contributed by atoms with E-state index in [2.05, 4.69) is 16.9 Å². The third-order valence-electron chi connectivity index (χ3n) is 3.69. The van der Waals surface area contributed by atoms with Gasteiger partial charge in [-0.2, -0.15) is 0 Å². The minimum atomic E-state index is 0.479. The number of nitrogens with zero attached hydrogens (tertiary/aromatic N) is 2. The standard InChI is InChI=1S/C19H24N2O2/c1-2-3-4-5-6-7-12-23-18-10-8-17(9-11-18)19-20-13-16(15-22)14-21-19/h8-11,13-15H,2-7,12H2,1H3. The van der Waals surface area contributed by atoms with Crippen LogP contribution >= 0.6 is 0 Å². The van der Waals surface area contributed by atoms with Gasteiger partial charge in [-0.05, 0) is 30.7 Å². The lowest BCUT2D eigenvalue weighted by atomic mass is 10.1. The van der Waals surface area contributed by atoms with Crippen molar-refractivity contribution in [2.45, 2.75) is 45.4 Å². The Hall–Kier alpha value is -2.23. The lowest BCUT2D eigenvalue weighted by Crippen LogP contribution is -1.97. The Bertz CT molecular complexity index is 579. The Labute approximate surface area is 137 Å². The number of benzene rings is 1. The summed E-state index contributed by atoms with van der Waals surface area (Å²) < 4.78 is 5.75. The fraction of sp³-hybridized carbons (Fsp3) is 0.421. The zero-order valence-electron chi connectivity index (χ0n) is 13.7. The summed E-state index contributed by atoms with van der Waals surface area (Å²) in [4.78, 5) is 19.0. The van der Waals surface area contributed by atoms with Gasteiger partial charge in [-0.15, -0.1) is 0 Å². The van der Waals surface area contributed by atoms with E-state index in [1.807, 2.05) is 24.3 Å². The minimum Gasteiger partial charge on any atom is -0.494 e. The van der Waals surface area contributed by atoms with Crippen LogP contribution in [0.5, 0.6) is 5.75 Å². The molecule has 0 saturated heterocycles. The van der Waals surface area contributed by atoms with Crippen molar-refractivity contribution in [3.8, 4) is 17.1 Å². The van der Waals surface area contributed by atoms with Gasteiger partial charge in [-0.25, -0.2) is 9.97 Å². The van der Waals surface area contributed by atoms with Crippen LogP contribution in [-0.4, -0.2) is 22.9 Å². The largest absolute Gasteiger partial charge is 0.494 e. The van der Waals surface area contributed by atoms with E-state index in [0.29, 0.717) is 11.4 Å². The van der Waals surface area contributed by atoms with E-state index in [4.69, 9.17) is 4.74 Å². The quantitative estimate of drug-likeness (QED) is 0.471. The summed E-state index contributed by atoms with van der Waals surface area (Å²) in [5.41, 5.74) is 1.39. The van der Waals surface area contributed by atoms with Crippen LogP contribution in [0, 0.1) is 0 Å². The molecule has 0 spiro atoms. The number of aldehydes is 1. The highest BCUT2D eigenvalue weighted by Crippen LogP contribution is 2.19. The maximum Gasteiger partial charge on any atom is 0.159 e. The summed E-state index contributed by atoms with van der Waals surface area (Å²) in [6.07, 6.45) is 11.4. The molecule has 2 aromatic rings. The molecular weight excluding hydrogens is 288 g/mol. The Morgan fingerprint density at radius 1 is 0.957 bits per heavy atom. The van der Waals surface area contributed by atoms with Crippen molar-refractivity contribution in [3.05, 3.63) is 42.2 Å². The molecule has 1 aromatic heterocycles. The van der Waals surface area contributed by atoms with Gasteiger partial charge in [0.1, 0.15) is 5.75 Å². The van der Waals surface area contributed by atoms with Gasteiger partial charge in [0.2, 0.25) is 0 Å². The molecule has 122 valence electrons. The number of ether oxygens (including phenoxy) is 1. The SMILES string of the molecule is CCCCCCCCOc1ccc(-c2ncc(C=O)cn2)cc1. The van der Waals surface area contributed by atoms with Crippen molar-refractivity contribution in [1.82, 2.24) is 9.97 Å². The molecular formula is C19H24N2O2. The molecule has 0 atom stereocenters. The number of hydrogen-bond donors (Lipinski definition) is 0. The smallest absolute Gasteiger partial charge is 0.159 e. The molecule has 1 aromatic carbocycles. The second-order valence-electron chi connectivity index (χ2n) is 5.60. The van der Waals surface area contributed by atoms with E-state index < -0.39 is 0 Å². The van der Waals surface area contributed by atoms with Crippen LogP contribution in [0.2, 0.25) is 0 Å². The zero-order valence-corrected chi connectivity index (χ0v) is 13.7. The second kappa shape index (κ2) is 9.72. The van der Waals surface area contributed by atoms with Crippen molar-refractivity contribution in [1.29, 1.82) is 0 Å². The van der Waals surface area contributed by atoms with Crippen molar-refractivity contribution in [3.63, 3.8) is 0 Å². The highest BCUT2D eigenvalue weighted by Gasteiger charge is 2.02. The summed E-state index contributed by atoms with van der Waals surface area (Å²) in [5, 5.41) is 0. The minimum absolute atomic E-state index is 0.479. The van der Waals surface area contributed by atoms with Gasteiger partial charge in [0.05, 0.1) is 12.2 Å². The fourth-order valence-electron chi connectivity index (χ4n) is 2.32. The average molecular weight is 312 g/mol. The van der Waals surface area contributed by atoms with Crippen molar-refractivity contribution < 1.29 is 9.53 Å². The normalized spacial score (nSPS) is 10.5. The van der Waals surface area contributed by atoms with Crippen molar-refractivity contribution in [2.75, 3.05) is 6.61 Å². The van der Waals surface area contributed by atoms with Crippen LogP contribution < -0.4 is 4.74 Å². The Kier molecular flexibility index (Phi) is 7.24. The molecule has 0 aliphatic heterocycles. The number of rotatable bonds is 10. The first-order valence-electron chi connectivity index (χ1n) is 8.34. The first-order chi connectivity index (χ1) is 11.3. The molecule has 0 N–H and O–H groups in total. The van der Waals surface area contributed by atoms with Gasteiger partial charge in [-0.1, -0.05) is 39.0 Å². The van der Waals surface area contributed by atoms with Gasteiger partial charge in [0.25, 0.3) is 0 Å². The molecule has 4 nitrogen and oxygen atoms in total. The predicted molar refractivity (Wildman–Crippen MR) is 91.7 cm³/mol. The monoisotopic (exact) mass is 312 g/mol. The molecule has 0 radical (unpaired) electrons. The van der Waals surface area contributed by atoms with E-state index in [9.17, 15) is 4.79 Å². The number of aromatic nitrogens is 2. The maximum atomic E-state index is 10.6. The molecule has 4 heteroatoms. The summed E-state index contributed by atoms with van der Waals surface area (Å²) in [7, 11) is 0. The molecule has 0 unspecified atom stereocenters. The van der Waals surface area contributed by atoms with Crippen molar-refractivity contribution in [2.24, 2.45) is 0 Å². The fourth-order valence-corrected chi connectivity index (χ4v) is 2.32. The second-order valence-corrected chi connectivity index (χ2v) is 5.60. The molecule has 0 aliphatic carbocycles. The third-order valence-corrected chi connectivity index (χ3v) is 3.69. The number of carbonyl (C=O) groups excluding carboxylic acids is 1. The number of unbranched alkanes of at least 4 members (excludes halogenated alkanes) is 5. The lowest BCUT2D eigenvalue weighted by molar-refractivity contribution is 0.112. The number of carbonyl (C=O) groups is 1. The Balaban J connectivity index is 1.76. The van der Waals surface area contributed by atoms with Crippen LogP contribution in [0.1, 0.15) is 55.8 Å². The van der Waals surface area contributed by atoms with Crippen LogP contribution in [0.3, 0.4) is 0 Å². The first-order valence-corrected chi connectivity index (χ1v) is 8.34. The molecule has 0 amide bonds. The molecule has 0 fully saturated rings. The summed E-state index contributed by atoms with van der Waals surface area (Å²) >= 11 is 0. The molecule has 0 bridgehead atoms. The highest BCUT2D eigenvalue weighted by atomic mass is 16.5. The molecule has 2 rings (SSSR count). The summed E-state index contributed by atoms with van der Waals surface area (Å²) in [6.45, 7) is 2.99. The van der Waals surface area contributed by atoms with Crippen LogP contribution in [0.25, 0.3) is 11.4 Å². The molecule has 23 heavy (non-hydrogen) atoms. The van der Waals surface area contributed by atoms with Gasteiger partial charge in [0.15, 0.2) is 12.1 Å². The first kappa shape index (κ1) is 17.1. The van der Waals surface area contributed by atoms with Gasteiger partial charge in [0, 0.05) is 18.0 Å². The van der Waals surface area contributed by atoms with E-state index in [1.54, 1.807) is 0 Å². The Morgan fingerprint density at radius 2 is 1.61 bits per heavy atom. The van der Waals surface area contributed by atoms with E-state index in [0.717, 1.165) is 30.6 Å². The van der Waals surface area contributed by atoms with Gasteiger partial charge < -0.3 is 4.74 Å². The predicted octanol–water partition coefficient (Wildman–Crippen LogP) is 4.70. The van der Waals surface area contributed by atoms with Crippen molar-refractivity contribution >= 4 is 6.29 Å². The van der Waals surface area contributed by atoms with E-state index in [-0.39, 0.29) is 0 Å². The molecule has 0 saturated carbocycles. The zero-order chi connectivity index (χ0) is 16.3.